The summed E-state index contributed by atoms with van der Waals surface area (Å²) in [6.45, 7) is 1.94. The molecule has 0 bridgehead atoms. The second-order valence-electron chi connectivity index (χ2n) is 8.22. The van der Waals surface area contributed by atoms with E-state index in [4.69, 9.17) is 5.73 Å². The topological polar surface area (TPSA) is 126 Å². The van der Waals surface area contributed by atoms with Crippen LogP contribution in [0.5, 0.6) is 0 Å². The van der Waals surface area contributed by atoms with Crippen LogP contribution in [-0.2, 0) is 19.6 Å². The van der Waals surface area contributed by atoms with E-state index in [1.165, 1.54) is 15.6 Å². The molecule has 2 aromatic rings. The van der Waals surface area contributed by atoms with Crippen LogP contribution in [0, 0.1) is 11.8 Å². The highest BCUT2D eigenvalue weighted by Crippen LogP contribution is 2.27. The average Bonchev–Trinajstić information content (AvgIpc) is 3.36. The highest BCUT2D eigenvalue weighted by Gasteiger charge is 2.34. The zero-order valence-electron chi connectivity index (χ0n) is 17.6. The molecule has 0 aromatic carbocycles. The van der Waals surface area contributed by atoms with Gasteiger partial charge in [-0.15, -0.1) is 11.3 Å². The number of aromatic nitrogens is 1. The largest absolute Gasteiger partial charge is 0.369 e. The Kier molecular flexibility index (Phi) is 6.77. The fourth-order valence-corrected chi connectivity index (χ4v) is 6.89. The molecule has 4 rings (SSSR count). The predicted molar refractivity (Wildman–Crippen MR) is 123 cm³/mol. The van der Waals surface area contributed by atoms with Crippen LogP contribution in [0.3, 0.4) is 0 Å². The van der Waals surface area contributed by atoms with Crippen molar-refractivity contribution >= 4 is 44.7 Å². The van der Waals surface area contributed by atoms with Gasteiger partial charge in [0.1, 0.15) is 10.0 Å². The maximum Gasteiger partial charge on any atom is 0.252 e. The van der Waals surface area contributed by atoms with Gasteiger partial charge in [-0.1, -0.05) is 6.07 Å². The van der Waals surface area contributed by atoms with E-state index >= 15 is 0 Å². The molecule has 2 fully saturated rings. The fourth-order valence-electron chi connectivity index (χ4n) is 4.22. The normalized spacial score (nSPS) is 22.4. The predicted octanol–water partition coefficient (Wildman–Crippen LogP) is 1.88. The number of amides is 2. The third-order valence-corrected chi connectivity index (χ3v) is 9.25. The Hall–Kier alpha value is -2.50. The van der Waals surface area contributed by atoms with E-state index in [2.05, 4.69) is 10.3 Å². The smallest absolute Gasteiger partial charge is 0.252 e. The second kappa shape index (κ2) is 9.55. The minimum Gasteiger partial charge on any atom is -0.369 e. The number of hydrogen-bond donors (Lipinski definition) is 2. The lowest BCUT2D eigenvalue weighted by molar-refractivity contribution is -0.122. The van der Waals surface area contributed by atoms with Gasteiger partial charge in [0, 0.05) is 26.2 Å². The zero-order valence-corrected chi connectivity index (χ0v) is 19.3. The molecule has 2 aliphatic rings. The molecule has 0 radical (unpaired) electrons. The van der Waals surface area contributed by atoms with Gasteiger partial charge in [0.05, 0.1) is 23.7 Å². The van der Waals surface area contributed by atoms with Crippen LogP contribution in [-0.4, -0.2) is 55.7 Å². The van der Waals surface area contributed by atoms with Gasteiger partial charge in [0.25, 0.3) is 10.0 Å². The van der Waals surface area contributed by atoms with Gasteiger partial charge in [-0.25, -0.2) is 13.4 Å². The number of nitrogens with one attached hydrogen (secondary N) is 1. The first-order valence-corrected chi connectivity index (χ1v) is 13.0. The van der Waals surface area contributed by atoms with E-state index in [-0.39, 0.29) is 24.3 Å². The number of carbonyl (C=O) groups is 2. The number of pyridine rings is 1. The van der Waals surface area contributed by atoms with Crippen molar-refractivity contribution in [2.45, 2.75) is 29.9 Å². The van der Waals surface area contributed by atoms with Crippen LogP contribution < -0.4 is 16.0 Å². The summed E-state index contributed by atoms with van der Waals surface area (Å²) in [6, 6.07) is 6.88. The molecule has 172 valence electrons. The Morgan fingerprint density at radius 3 is 2.56 bits per heavy atom. The summed E-state index contributed by atoms with van der Waals surface area (Å²) in [5, 5.41) is 4.59. The Balaban J connectivity index is 1.37. The van der Waals surface area contributed by atoms with E-state index in [9.17, 15) is 18.0 Å². The molecule has 11 heteroatoms. The molecule has 0 spiro atoms. The summed E-state index contributed by atoms with van der Waals surface area (Å²) in [6.07, 6.45) is 4.52. The molecule has 2 amide bonds. The molecule has 9 nitrogen and oxygen atoms in total. The minimum atomic E-state index is -3.57. The lowest BCUT2D eigenvalue weighted by Gasteiger charge is -2.32. The lowest BCUT2D eigenvalue weighted by Crippen LogP contribution is -2.43. The molecule has 2 atom stereocenters. The average molecular weight is 478 g/mol. The Bertz CT molecular complexity index is 1060. The number of piperidine rings is 2. The molecule has 2 unspecified atom stereocenters. The van der Waals surface area contributed by atoms with E-state index < -0.39 is 15.9 Å². The van der Waals surface area contributed by atoms with E-state index in [0.29, 0.717) is 35.8 Å². The van der Waals surface area contributed by atoms with Crippen molar-refractivity contribution in [3.8, 4) is 0 Å². The number of rotatable bonds is 6. The number of nitrogens with two attached hydrogens (primary N) is 1. The van der Waals surface area contributed by atoms with Gasteiger partial charge in [-0.2, -0.15) is 4.31 Å². The quantitative estimate of drug-likeness (QED) is 0.654. The van der Waals surface area contributed by atoms with Crippen LogP contribution in [0.2, 0.25) is 0 Å². The SMILES string of the molecule is NC(=O)C1CCCN(c2ccc(NC(=O)C3CCCN(S(=O)(=O)c4cccs4)C3)cn2)C1. The summed E-state index contributed by atoms with van der Waals surface area (Å²) >= 11 is 1.18. The molecule has 0 saturated carbocycles. The number of carbonyl (C=O) groups excluding carboxylic acids is 2. The Morgan fingerprint density at radius 2 is 1.88 bits per heavy atom. The zero-order chi connectivity index (χ0) is 22.7. The van der Waals surface area contributed by atoms with Crippen molar-refractivity contribution < 1.29 is 18.0 Å². The van der Waals surface area contributed by atoms with Crippen LogP contribution in [0.15, 0.2) is 40.1 Å². The summed E-state index contributed by atoms with van der Waals surface area (Å²) in [4.78, 5) is 30.8. The second-order valence-corrected chi connectivity index (χ2v) is 11.3. The molecule has 4 heterocycles. The van der Waals surface area contributed by atoms with Gasteiger partial charge < -0.3 is 16.0 Å². The maximum atomic E-state index is 12.8. The first-order chi connectivity index (χ1) is 15.3. The Morgan fingerprint density at radius 1 is 1.09 bits per heavy atom. The third kappa shape index (κ3) is 4.94. The number of thiophene rings is 1. The summed E-state index contributed by atoms with van der Waals surface area (Å²) in [5.41, 5.74) is 6.00. The molecule has 3 N–H and O–H groups in total. The number of anilines is 2. The molecule has 2 saturated heterocycles. The van der Waals surface area contributed by atoms with Crippen molar-refractivity contribution in [1.29, 1.82) is 0 Å². The summed E-state index contributed by atoms with van der Waals surface area (Å²) in [7, 11) is -3.57. The van der Waals surface area contributed by atoms with Crippen LogP contribution in [0.4, 0.5) is 11.5 Å². The Labute approximate surface area is 191 Å². The highest BCUT2D eigenvalue weighted by molar-refractivity contribution is 7.91. The summed E-state index contributed by atoms with van der Waals surface area (Å²) in [5.74, 6) is -0.361. The molecule has 2 aromatic heterocycles. The monoisotopic (exact) mass is 477 g/mol. The minimum absolute atomic E-state index is 0.167. The first-order valence-electron chi connectivity index (χ1n) is 10.7. The number of primary amides is 1. The van der Waals surface area contributed by atoms with E-state index in [1.54, 1.807) is 29.8 Å². The number of nitrogens with zero attached hydrogens (tertiary/aromatic N) is 3. The third-order valence-electron chi connectivity index (χ3n) is 6.01. The van der Waals surface area contributed by atoms with Crippen molar-refractivity contribution in [2.24, 2.45) is 17.6 Å². The van der Waals surface area contributed by atoms with Gasteiger partial charge >= 0.3 is 0 Å². The molecular weight excluding hydrogens is 450 g/mol. The van der Waals surface area contributed by atoms with Crippen LogP contribution >= 0.6 is 11.3 Å². The summed E-state index contributed by atoms with van der Waals surface area (Å²) < 4.78 is 27.3. The highest BCUT2D eigenvalue weighted by atomic mass is 32.2. The van der Waals surface area contributed by atoms with E-state index in [0.717, 1.165) is 25.2 Å². The van der Waals surface area contributed by atoms with E-state index in [1.807, 2.05) is 11.0 Å². The first kappa shape index (κ1) is 22.7. The molecule has 2 aliphatic heterocycles. The van der Waals surface area contributed by atoms with Crippen LogP contribution in [0.25, 0.3) is 0 Å². The standard InChI is InChI=1S/C21H27N5O4S2/c22-20(27)15-4-1-9-25(13-15)18-8-7-17(12-23-18)24-21(28)16-5-2-10-26(14-16)32(29,30)19-6-3-11-31-19/h3,6-8,11-12,15-16H,1-2,4-5,9-10,13-14H2,(H2,22,27)(H,24,28). The number of sulfonamides is 1. The van der Waals surface area contributed by atoms with Gasteiger partial charge in [0.2, 0.25) is 11.8 Å². The molecule has 32 heavy (non-hydrogen) atoms. The van der Waals surface area contributed by atoms with Crippen molar-refractivity contribution in [2.75, 3.05) is 36.4 Å². The lowest BCUT2D eigenvalue weighted by atomic mass is 9.97. The van der Waals surface area contributed by atoms with Gasteiger partial charge in [-0.3, -0.25) is 9.59 Å². The molecular formula is C21H27N5O4S2. The van der Waals surface area contributed by atoms with Crippen molar-refractivity contribution in [3.63, 3.8) is 0 Å². The van der Waals surface area contributed by atoms with Crippen molar-refractivity contribution in [3.05, 3.63) is 35.8 Å². The van der Waals surface area contributed by atoms with Gasteiger partial charge in [-0.05, 0) is 49.3 Å². The van der Waals surface area contributed by atoms with Crippen molar-refractivity contribution in [1.82, 2.24) is 9.29 Å². The maximum absolute atomic E-state index is 12.8. The fraction of sp³-hybridized carbons (Fsp3) is 0.476. The number of hydrogen-bond acceptors (Lipinski definition) is 7. The van der Waals surface area contributed by atoms with Gasteiger partial charge in [0.15, 0.2) is 0 Å². The van der Waals surface area contributed by atoms with Crippen LogP contribution in [0.1, 0.15) is 25.7 Å². The molecule has 0 aliphatic carbocycles.